The van der Waals surface area contributed by atoms with Gasteiger partial charge in [0.2, 0.25) is 0 Å². The lowest BCUT2D eigenvalue weighted by Crippen LogP contribution is -1.88. The first-order valence-electron chi connectivity index (χ1n) is 3.43. The molecule has 0 fully saturated rings. The normalized spacial score (nSPS) is 13.2. The molecule has 2 heteroatoms. The van der Waals surface area contributed by atoms with Gasteiger partial charge in [0.25, 0.3) is 0 Å². The fraction of sp³-hybridized carbons (Fsp3) is 0.500. The average molecular weight is 138 g/mol. The van der Waals surface area contributed by atoms with Crippen LogP contribution in [0.4, 0.5) is 0 Å². The van der Waals surface area contributed by atoms with E-state index in [4.69, 9.17) is 0 Å². The molecule has 0 aromatic carbocycles. The van der Waals surface area contributed by atoms with Gasteiger partial charge in [-0.1, -0.05) is 6.08 Å². The monoisotopic (exact) mass is 138 g/mol. The van der Waals surface area contributed by atoms with Crippen LogP contribution >= 0.6 is 0 Å². The van der Waals surface area contributed by atoms with Crippen molar-refractivity contribution in [2.75, 3.05) is 0 Å². The third kappa shape index (κ3) is 7.08. The molecular formula is C8H14N2. The maximum Gasteiger partial charge on any atom is 0.0446 e. The molecule has 0 N–H and O–H groups in total. The van der Waals surface area contributed by atoms with Crippen molar-refractivity contribution in [3.05, 3.63) is 12.3 Å². The summed E-state index contributed by atoms with van der Waals surface area (Å²) in [4.78, 5) is 8.00. The van der Waals surface area contributed by atoms with Crippen LogP contribution in [-0.2, 0) is 0 Å². The number of rotatable bonds is 3. The van der Waals surface area contributed by atoms with Crippen LogP contribution in [0, 0.1) is 0 Å². The van der Waals surface area contributed by atoms with Crippen LogP contribution in [-0.4, -0.2) is 18.5 Å². The summed E-state index contributed by atoms with van der Waals surface area (Å²) < 4.78 is 0. The summed E-state index contributed by atoms with van der Waals surface area (Å²) in [5.41, 5.74) is 0. The van der Waals surface area contributed by atoms with Crippen LogP contribution in [0.5, 0.6) is 0 Å². The number of hydrogen-bond acceptors (Lipinski definition) is 2. The van der Waals surface area contributed by atoms with Crippen molar-refractivity contribution in [2.24, 2.45) is 9.98 Å². The molecule has 0 spiro atoms. The van der Waals surface area contributed by atoms with Crippen molar-refractivity contribution < 1.29 is 0 Å². The Morgan fingerprint density at radius 2 is 1.90 bits per heavy atom. The second-order valence-corrected chi connectivity index (χ2v) is 2.17. The lowest BCUT2D eigenvalue weighted by atomic mass is 10.4. The highest BCUT2D eigenvalue weighted by atomic mass is 14.8. The van der Waals surface area contributed by atoms with Crippen LogP contribution in [0.25, 0.3) is 0 Å². The molecule has 0 aliphatic rings. The smallest absolute Gasteiger partial charge is 0.0446 e. The summed E-state index contributed by atoms with van der Waals surface area (Å²) in [6, 6.07) is 0.358. The quantitative estimate of drug-likeness (QED) is 0.533. The van der Waals surface area contributed by atoms with Crippen LogP contribution in [0.2, 0.25) is 0 Å². The van der Waals surface area contributed by atoms with E-state index in [9.17, 15) is 0 Å². The molecule has 0 aromatic rings. The standard InChI is InChI=1S/C8H14N2/c1-4-5-9-6-7-10-8(2)3/h4-8H,1-3H3/b5-4-,9-6?,10-7?. The molecule has 0 saturated heterocycles. The highest BCUT2D eigenvalue weighted by Gasteiger charge is 1.78. The Labute approximate surface area is 62.4 Å². The molecule has 0 heterocycles. The van der Waals surface area contributed by atoms with Gasteiger partial charge in [-0.05, 0) is 20.8 Å². The summed E-state index contributed by atoms with van der Waals surface area (Å²) in [5.74, 6) is 0. The molecule has 0 aliphatic heterocycles. The minimum atomic E-state index is 0.358. The van der Waals surface area contributed by atoms with Crippen molar-refractivity contribution in [3.8, 4) is 0 Å². The van der Waals surface area contributed by atoms with E-state index in [0.717, 1.165) is 0 Å². The Bertz CT molecular complexity index is 143. The molecule has 0 unspecified atom stereocenters. The lowest BCUT2D eigenvalue weighted by Gasteiger charge is -1.88. The zero-order valence-corrected chi connectivity index (χ0v) is 6.78. The van der Waals surface area contributed by atoms with Crippen LogP contribution < -0.4 is 0 Å². The topological polar surface area (TPSA) is 24.7 Å². The molecule has 0 saturated carbocycles. The summed E-state index contributed by atoms with van der Waals surface area (Å²) in [7, 11) is 0. The predicted molar refractivity (Wildman–Crippen MR) is 46.9 cm³/mol. The van der Waals surface area contributed by atoms with Gasteiger partial charge in [-0.3, -0.25) is 9.98 Å². The van der Waals surface area contributed by atoms with Crippen LogP contribution in [0.3, 0.4) is 0 Å². The molecule has 10 heavy (non-hydrogen) atoms. The molecule has 0 aromatic heterocycles. The van der Waals surface area contributed by atoms with Gasteiger partial charge < -0.3 is 0 Å². The Morgan fingerprint density at radius 1 is 1.20 bits per heavy atom. The van der Waals surface area contributed by atoms with Gasteiger partial charge in [0.15, 0.2) is 0 Å². The molecule has 2 nitrogen and oxygen atoms in total. The van der Waals surface area contributed by atoms with E-state index in [1.54, 1.807) is 18.6 Å². The first-order valence-corrected chi connectivity index (χ1v) is 3.43. The number of aliphatic imine (C=N–C) groups is 2. The second kappa shape index (κ2) is 6.20. The third-order valence-corrected chi connectivity index (χ3v) is 0.772. The largest absolute Gasteiger partial charge is 0.289 e. The second-order valence-electron chi connectivity index (χ2n) is 2.17. The van der Waals surface area contributed by atoms with Crippen LogP contribution in [0.15, 0.2) is 22.3 Å². The van der Waals surface area contributed by atoms with Gasteiger partial charge in [0.05, 0.1) is 0 Å². The number of hydrogen-bond donors (Lipinski definition) is 0. The van der Waals surface area contributed by atoms with Gasteiger partial charge in [-0.2, -0.15) is 0 Å². The molecular weight excluding hydrogens is 124 g/mol. The van der Waals surface area contributed by atoms with E-state index in [-0.39, 0.29) is 0 Å². The van der Waals surface area contributed by atoms with Crippen LogP contribution in [0.1, 0.15) is 20.8 Å². The summed E-state index contributed by atoms with van der Waals surface area (Å²) in [6.07, 6.45) is 7.00. The Morgan fingerprint density at radius 3 is 2.40 bits per heavy atom. The molecule has 0 bridgehead atoms. The molecule has 0 amide bonds. The summed E-state index contributed by atoms with van der Waals surface area (Å²) in [6.45, 7) is 5.98. The minimum Gasteiger partial charge on any atom is -0.289 e. The predicted octanol–water partition coefficient (Wildman–Crippen LogP) is 2.07. The molecule has 0 rings (SSSR count). The fourth-order valence-corrected chi connectivity index (χ4v) is 0.385. The van der Waals surface area contributed by atoms with Crippen molar-refractivity contribution in [1.29, 1.82) is 0 Å². The fourth-order valence-electron chi connectivity index (χ4n) is 0.385. The van der Waals surface area contributed by atoms with E-state index in [1.807, 2.05) is 26.8 Å². The summed E-state index contributed by atoms with van der Waals surface area (Å²) in [5, 5.41) is 0. The van der Waals surface area contributed by atoms with E-state index >= 15 is 0 Å². The number of allylic oxidation sites excluding steroid dienone is 1. The van der Waals surface area contributed by atoms with Gasteiger partial charge in [-0.15, -0.1) is 0 Å². The van der Waals surface area contributed by atoms with Crippen molar-refractivity contribution >= 4 is 12.4 Å². The maximum atomic E-state index is 4.09. The summed E-state index contributed by atoms with van der Waals surface area (Å²) >= 11 is 0. The maximum absolute atomic E-state index is 4.09. The van der Waals surface area contributed by atoms with Gasteiger partial charge in [0, 0.05) is 24.7 Å². The van der Waals surface area contributed by atoms with Crippen molar-refractivity contribution in [2.45, 2.75) is 26.8 Å². The first-order chi connectivity index (χ1) is 4.77. The average Bonchev–Trinajstić information content (AvgIpc) is 1.87. The highest BCUT2D eigenvalue weighted by Crippen LogP contribution is 1.80. The van der Waals surface area contributed by atoms with Gasteiger partial charge in [-0.25, -0.2) is 0 Å². The zero-order valence-electron chi connectivity index (χ0n) is 6.78. The lowest BCUT2D eigenvalue weighted by molar-refractivity contribution is 0.843. The minimum absolute atomic E-state index is 0.358. The van der Waals surface area contributed by atoms with E-state index in [1.165, 1.54) is 0 Å². The van der Waals surface area contributed by atoms with E-state index < -0.39 is 0 Å². The molecule has 0 radical (unpaired) electrons. The van der Waals surface area contributed by atoms with Gasteiger partial charge in [0.1, 0.15) is 0 Å². The van der Waals surface area contributed by atoms with Crippen molar-refractivity contribution in [1.82, 2.24) is 0 Å². The molecule has 0 atom stereocenters. The first kappa shape index (κ1) is 9.08. The third-order valence-electron chi connectivity index (χ3n) is 0.772. The SMILES string of the molecule is C/C=C\N=CC=NC(C)C. The zero-order chi connectivity index (χ0) is 7.82. The Hall–Kier alpha value is -0.920. The Balaban J connectivity index is 3.51. The van der Waals surface area contributed by atoms with E-state index in [2.05, 4.69) is 9.98 Å². The van der Waals surface area contributed by atoms with Gasteiger partial charge >= 0.3 is 0 Å². The van der Waals surface area contributed by atoms with E-state index in [0.29, 0.717) is 6.04 Å². The van der Waals surface area contributed by atoms with Crippen molar-refractivity contribution in [3.63, 3.8) is 0 Å². The molecule has 0 aliphatic carbocycles. The molecule has 56 valence electrons. The number of nitrogens with zero attached hydrogens (tertiary/aromatic N) is 2. The highest BCUT2D eigenvalue weighted by molar-refractivity contribution is 6.16. The Kier molecular flexibility index (Phi) is 5.63.